The molecule has 1 aromatic heterocycles. The maximum atomic E-state index is 13.1. The van der Waals surface area contributed by atoms with E-state index < -0.39 is 12.1 Å². The van der Waals surface area contributed by atoms with Gasteiger partial charge in [-0.2, -0.15) is 0 Å². The van der Waals surface area contributed by atoms with Crippen LogP contribution in [0.25, 0.3) is 0 Å². The lowest BCUT2D eigenvalue weighted by Crippen LogP contribution is -2.56. The fraction of sp³-hybridized carbons (Fsp3) is 0.421. The maximum Gasteiger partial charge on any atom is 0.254 e. The summed E-state index contributed by atoms with van der Waals surface area (Å²) in [5, 5.41) is 2.75. The van der Waals surface area contributed by atoms with E-state index in [9.17, 15) is 9.59 Å². The molecule has 3 rings (SSSR count). The van der Waals surface area contributed by atoms with Crippen LogP contribution in [0.5, 0.6) is 0 Å². The van der Waals surface area contributed by atoms with Crippen LogP contribution in [0, 0.1) is 0 Å². The van der Waals surface area contributed by atoms with E-state index in [1.165, 1.54) is 11.3 Å². The molecule has 1 aromatic carbocycles. The van der Waals surface area contributed by atoms with Gasteiger partial charge in [0.25, 0.3) is 5.91 Å². The van der Waals surface area contributed by atoms with E-state index in [1.54, 1.807) is 23.0 Å². The van der Waals surface area contributed by atoms with E-state index in [-0.39, 0.29) is 24.5 Å². The van der Waals surface area contributed by atoms with Gasteiger partial charge in [-0.3, -0.25) is 9.59 Å². The highest BCUT2D eigenvalue weighted by Gasteiger charge is 2.43. The molecule has 2 aromatic rings. The van der Waals surface area contributed by atoms with Crippen LogP contribution in [0.15, 0.2) is 41.9 Å². The lowest BCUT2D eigenvalue weighted by molar-refractivity contribution is -0.171. The topological polar surface area (TPSA) is 62.7 Å². The van der Waals surface area contributed by atoms with Gasteiger partial charge in [-0.05, 0) is 19.4 Å². The van der Waals surface area contributed by atoms with Crippen LogP contribution in [0.2, 0.25) is 0 Å². The number of carbonyl (C=O) groups excluding carboxylic acids is 2. The molecule has 1 saturated heterocycles. The zero-order chi connectivity index (χ0) is 18.7. The monoisotopic (exact) mass is 373 g/mol. The molecule has 138 valence electrons. The van der Waals surface area contributed by atoms with E-state index >= 15 is 0 Å². The summed E-state index contributed by atoms with van der Waals surface area (Å²) in [7, 11) is 1.74. The Kier molecular flexibility index (Phi) is 5.68. The van der Waals surface area contributed by atoms with Crippen molar-refractivity contribution in [2.24, 2.45) is 0 Å². The summed E-state index contributed by atoms with van der Waals surface area (Å²) in [5.74, 6) is -0.243. The van der Waals surface area contributed by atoms with E-state index in [0.717, 1.165) is 10.6 Å². The number of rotatable bonds is 5. The van der Waals surface area contributed by atoms with Crippen molar-refractivity contribution >= 4 is 23.2 Å². The van der Waals surface area contributed by atoms with Crippen molar-refractivity contribution < 1.29 is 14.3 Å². The second-order valence-electron chi connectivity index (χ2n) is 6.60. The van der Waals surface area contributed by atoms with Crippen LogP contribution in [0.4, 0.5) is 0 Å². The lowest BCUT2D eigenvalue weighted by Gasteiger charge is -2.43. The smallest absolute Gasteiger partial charge is 0.254 e. The number of amides is 2. The van der Waals surface area contributed by atoms with Crippen molar-refractivity contribution in [2.75, 3.05) is 13.7 Å². The molecule has 26 heavy (non-hydrogen) atoms. The Labute approximate surface area is 157 Å². The number of aromatic nitrogens is 1. The highest BCUT2D eigenvalue weighted by molar-refractivity contribution is 7.09. The molecule has 2 amide bonds. The van der Waals surface area contributed by atoms with E-state index in [1.807, 2.05) is 49.6 Å². The van der Waals surface area contributed by atoms with Gasteiger partial charge in [-0.1, -0.05) is 30.3 Å². The SMILES string of the molecule is CC(C)N1C(=O)CO[C@H](C(=O)N(C)Cc2nccs2)[C@H]1c1ccccc1. The second kappa shape index (κ2) is 7.97. The second-order valence-corrected chi connectivity index (χ2v) is 7.58. The first-order valence-electron chi connectivity index (χ1n) is 8.60. The number of hydrogen-bond donors (Lipinski definition) is 0. The van der Waals surface area contributed by atoms with Crippen LogP contribution in [-0.2, 0) is 20.9 Å². The summed E-state index contributed by atoms with van der Waals surface area (Å²) in [5.41, 5.74) is 0.898. The molecule has 7 heteroatoms. The molecular weight excluding hydrogens is 350 g/mol. The highest BCUT2D eigenvalue weighted by Crippen LogP contribution is 2.33. The fourth-order valence-corrected chi connectivity index (χ4v) is 3.93. The van der Waals surface area contributed by atoms with Gasteiger partial charge in [0.15, 0.2) is 6.10 Å². The van der Waals surface area contributed by atoms with Gasteiger partial charge in [-0.15, -0.1) is 11.3 Å². The van der Waals surface area contributed by atoms with Crippen molar-refractivity contribution in [2.45, 2.75) is 38.6 Å². The minimum Gasteiger partial charge on any atom is -0.356 e. The minimum absolute atomic E-state index is 0.0313. The number of morpholine rings is 1. The molecule has 0 aliphatic carbocycles. The maximum absolute atomic E-state index is 13.1. The molecule has 0 radical (unpaired) electrons. The highest BCUT2D eigenvalue weighted by atomic mass is 32.1. The molecule has 1 aliphatic heterocycles. The van der Waals surface area contributed by atoms with Crippen LogP contribution < -0.4 is 0 Å². The molecule has 0 bridgehead atoms. The molecule has 2 heterocycles. The molecule has 1 fully saturated rings. The minimum atomic E-state index is -0.734. The third-order valence-electron chi connectivity index (χ3n) is 4.43. The Hall–Kier alpha value is -2.25. The molecule has 0 unspecified atom stereocenters. The van der Waals surface area contributed by atoms with Gasteiger partial charge in [0, 0.05) is 24.7 Å². The molecular formula is C19H23N3O3S. The number of ether oxygens (including phenoxy) is 1. The van der Waals surface area contributed by atoms with Crippen LogP contribution in [-0.4, -0.2) is 52.4 Å². The Morgan fingerprint density at radius 2 is 2.12 bits per heavy atom. The van der Waals surface area contributed by atoms with Crippen LogP contribution >= 0.6 is 11.3 Å². The predicted octanol–water partition coefficient (Wildman–Crippen LogP) is 2.48. The average molecular weight is 373 g/mol. The summed E-state index contributed by atoms with van der Waals surface area (Å²) in [6.45, 7) is 4.26. The normalized spacial score (nSPS) is 20.5. The third kappa shape index (κ3) is 3.78. The predicted molar refractivity (Wildman–Crippen MR) is 99.5 cm³/mol. The number of nitrogens with zero attached hydrogens (tertiary/aromatic N) is 3. The van der Waals surface area contributed by atoms with E-state index in [0.29, 0.717) is 6.54 Å². The summed E-state index contributed by atoms with van der Waals surface area (Å²) in [6, 6.07) is 9.13. The first kappa shape index (κ1) is 18.5. The average Bonchev–Trinajstić information content (AvgIpc) is 3.14. The Bertz CT molecular complexity index is 749. The number of carbonyl (C=O) groups is 2. The van der Waals surface area contributed by atoms with E-state index in [4.69, 9.17) is 4.74 Å². The number of likely N-dealkylation sites (N-methyl/N-ethyl adjacent to an activating group) is 1. The standard InChI is InChI=1S/C19H23N3O3S/c1-13(2)22-16(23)12-25-18(17(22)14-7-5-4-6-8-14)19(24)21(3)11-15-20-9-10-26-15/h4-10,13,17-18H,11-12H2,1-3H3/t17-,18+/m1/s1. The molecule has 0 N–H and O–H groups in total. The Balaban J connectivity index is 1.89. The molecule has 0 saturated carbocycles. The summed E-state index contributed by atoms with van der Waals surface area (Å²) in [6.07, 6.45) is 0.990. The first-order chi connectivity index (χ1) is 12.5. The van der Waals surface area contributed by atoms with Crippen molar-refractivity contribution in [3.05, 3.63) is 52.5 Å². The van der Waals surface area contributed by atoms with Gasteiger partial charge in [0.2, 0.25) is 5.91 Å². The molecule has 0 spiro atoms. The summed E-state index contributed by atoms with van der Waals surface area (Å²) < 4.78 is 5.74. The zero-order valence-corrected chi connectivity index (χ0v) is 16.0. The van der Waals surface area contributed by atoms with Gasteiger partial charge >= 0.3 is 0 Å². The van der Waals surface area contributed by atoms with Gasteiger partial charge in [0.05, 0.1) is 12.6 Å². The van der Waals surface area contributed by atoms with Crippen molar-refractivity contribution in [1.29, 1.82) is 0 Å². The van der Waals surface area contributed by atoms with Gasteiger partial charge in [-0.25, -0.2) is 4.98 Å². The number of thiazole rings is 1. The number of benzene rings is 1. The quantitative estimate of drug-likeness (QED) is 0.808. The summed E-state index contributed by atoms with van der Waals surface area (Å²) in [4.78, 5) is 33.2. The van der Waals surface area contributed by atoms with Crippen molar-refractivity contribution in [1.82, 2.24) is 14.8 Å². The van der Waals surface area contributed by atoms with Gasteiger partial charge in [0.1, 0.15) is 11.6 Å². The van der Waals surface area contributed by atoms with Gasteiger partial charge < -0.3 is 14.5 Å². The molecule has 6 nitrogen and oxygen atoms in total. The largest absolute Gasteiger partial charge is 0.356 e. The molecule has 1 aliphatic rings. The fourth-order valence-electron chi connectivity index (χ4n) is 3.26. The third-order valence-corrected chi connectivity index (χ3v) is 5.20. The lowest BCUT2D eigenvalue weighted by atomic mass is 9.95. The Morgan fingerprint density at radius 1 is 1.38 bits per heavy atom. The van der Waals surface area contributed by atoms with Crippen LogP contribution in [0.1, 0.15) is 30.5 Å². The Morgan fingerprint density at radius 3 is 2.73 bits per heavy atom. The number of hydrogen-bond acceptors (Lipinski definition) is 5. The first-order valence-corrected chi connectivity index (χ1v) is 9.48. The molecule has 2 atom stereocenters. The van der Waals surface area contributed by atoms with Crippen LogP contribution in [0.3, 0.4) is 0 Å². The zero-order valence-electron chi connectivity index (χ0n) is 15.2. The van der Waals surface area contributed by atoms with Crippen molar-refractivity contribution in [3.8, 4) is 0 Å². The van der Waals surface area contributed by atoms with Crippen molar-refractivity contribution in [3.63, 3.8) is 0 Å². The van der Waals surface area contributed by atoms with E-state index in [2.05, 4.69) is 4.98 Å². The summed E-state index contributed by atoms with van der Waals surface area (Å²) >= 11 is 1.51.